The van der Waals surface area contributed by atoms with Crippen LogP contribution < -0.4 is 15.2 Å². The molecule has 3 rings (SSSR count). The van der Waals surface area contributed by atoms with Crippen LogP contribution in [0.25, 0.3) is 5.57 Å². The summed E-state index contributed by atoms with van der Waals surface area (Å²) in [5, 5.41) is 5.36. The second-order valence-electron chi connectivity index (χ2n) is 7.73. The number of halogens is 2. The number of primary sulfonamides is 1. The Hall–Kier alpha value is -2.68. The summed E-state index contributed by atoms with van der Waals surface area (Å²) in [6.07, 6.45) is 1.99. The Morgan fingerprint density at radius 3 is 2.59 bits per heavy atom. The van der Waals surface area contributed by atoms with Crippen LogP contribution in [0.4, 0.5) is 4.39 Å². The van der Waals surface area contributed by atoms with E-state index < -0.39 is 27.4 Å². The molecule has 0 aliphatic heterocycles. The van der Waals surface area contributed by atoms with Crippen LogP contribution >= 0.6 is 11.6 Å². The van der Waals surface area contributed by atoms with Crippen LogP contribution in [-0.2, 0) is 21.2 Å². The van der Waals surface area contributed by atoms with Gasteiger partial charge in [0.1, 0.15) is 5.75 Å². The number of sulfonamides is 1. The van der Waals surface area contributed by atoms with E-state index in [4.69, 9.17) is 21.5 Å². The van der Waals surface area contributed by atoms with E-state index >= 15 is 4.39 Å². The van der Waals surface area contributed by atoms with E-state index in [0.717, 1.165) is 0 Å². The van der Waals surface area contributed by atoms with Crippen molar-refractivity contribution in [2.24, 2.45) is 5.14 Å². The van der Waals surface area contributed by atoms with Gasteiger partial charge in [0.2, 0.25) is 15.9 Å². The van der Waals surface area contributed by atoms with Crippen LogP contribution in [0.5, 0.6) is 5.75 Å². The largest absolute Gasteiger partial charge is 0.491 e. The highest BCUT2D eigenvalue weighted by molar-refractivity contribution is 7.90. The van der Waals surface area contributed by atoms with Crippen molar-refractivity contribution in [1.29, 1.82) is 0 Å². The third-order valence-electron chi connectivity index (χ3n) is 4.85. The number of hydrogen-bond donors (Lipinski definition) is 2. The molecule has 1 amide bonds. The molecule has 0 saturated heterocycles. The summed E-state index contributed by atoms with van der Waals surface area (Å²) < 4.78 is 46.2. The van der Waals surface area contributed by atoms with Crippen molar-refractivity contribution >= 4 is 33.1 Å². The fourth-order valence-corrected chi connectivity index (χ4v) is 4.46. The molecule has 0 spiro atoms. The van der Waals surface area contributed by atoms with Crippen LogP contribution in [0.2, 0.25) is 5.02 Å². The topological polar surface area (TPSA) is 98.5 Å². The number of carbonyl (C=O) groups excluding carboxylic acids is 1. The molecule has 0 heterocycles. The van der Waals surface area contributed by atoms with E-state index in [1.165, 1.54) is 12.2 Å². The molecule has 3 N–H and O–H groups in total. The van der Waals surface area contributed by atoms with E-state index in [0.29, 0.717) is 21.9 Å². The van der Waals surface area contributed by atoms with Gasteiger partial charge in [0.05, 0.1) is 12.5 Å². The third kappa shape index (κ3) is 5.38. The third-order valence-corrected chi connectivity index (χ3v) is 6.48. The van der Waals surface area contributed by atoms with Gasteiger partial charge in [-0.25, -0.2) is 17.9 Å². The quantitative estimate of drug-likeness (QED) is 0.625. The number of nitrogens with one attached hydrogen (secondary N) is 1. The number of amides is 1. The van der Waals surface area contributed by atoms with E-state index in [-0.39, 0.29) is 23.8 Å². The summed E-state index contributed by atoms with van der Waals surface area (Å²) >= 11 is 6.08. The molecule has 1 atom stereocenters. The van der Waals surface area contributed by atoms with Crippen molar-refractivity contribution in [2.45, 2.75) is 37.8 Å². The molecule has 6 nitrogen and oxygen atoms in total. The summed E-state index contributed by atoms with van der Waals surface area (Å²) in [6, 6.07) is 13.3. The van der Waals surface area contributed by atoms with Gasteiger partial charge in [-0.15, -0.1) is 0 Å². The average Bonchev–Trinajstić information content (AvgIpc) is 2.69. The van der Waals surface area contributed by atoms with E-state index in [9.17, 15) is 13.2 Å². The number of ether oxygens (including phenoxy) is 1. The van der Waals surface area contributed by atoms with Gasteiger partial charge in [0, 0.05) is 22.7 Å². The molecule has 0 radical (unpaired) electrons. The van der Waals surface area contributed by atoms with Gasteiger partial charge in [-0.3, -0.25) is 4.79 Å². The fourth-order valence-electron chi connectivity index (χ4n) is 3.41. The summed E-state index contributed by atoms with van der Waals surface area (Å²) in [5.41, 5.74) is 0.881. The fraction of sp³-hybridized carbons (Fsp3) is 0.261. The average molecular weight is 479 g/mol. The number of rotatable bonds is 7. The second kappa shape index (κ2) is 9.44. The molecule has 1 unspecified atom stereocenters. The number of alkyl halides is 1. The monoisotopic (exact) mass is 478 g/mol. The maximum absolute atomic E-state index is 16.0. The first-order chi connectivity index (χ1) is 15.0. The van der Waals surface area contributed by atoms with Crippen molar-refractivity contribution in [1.82, 2.24) is 5.32 Å². The van der Waals surface area contributed by atoms with Gasteiger partial charge in [0.25, 0.3) is 5.00 Å². The van der Waals surface area contributed by atoms with Crippen LogP contribution in [0.15, 0.2) is 66.4 Å². The van der Waals surface area contributed by atoms with Gasteiger partial charge < -0.3 is 10.1 Å². The second-order valence-corrected chi connectivity index (χ2v) is 9.88. The first kappa shape index (κ1) is 24.0. The molecule has 1 aliphatic rings. The molecule has 0 fully saturated rings. The first-order valence-corrected chi connectivity index (χ1v) is 11.8. The minimum atomic E-state index is -4.68. The minimum Gasteiger partial charge on any atom is -0.491 e. The Kier molecular flexibility index (Phi) is 7.07. The molecule has 170 valence electrons. The molecular formula is C23H24ClFN2O4S. The first-order valence-electron chi connectivity index (χ1n) is 9.92. The Morgan fingerprint density at radius 1 is 1.22 bits per heavy atom. The highest BCUT2D eigenvalue weighted by atomic mass is 35.5. The molecule has 1 aliphatic carbocycles. The van der Waals surface area contributed by atoms with E-state index in [1.807, 2.05) is 13.8 Å². The number of carbonyl (C=O) groups is 1. The molecule has 0 aromatic heterocycles. The van der Waals surface area contributed by atoms with Crippen LogP contribution in [0.1, 0.15) is 31.4 Å². The van der Waals surface area contributed by atoms with Crippen molar-refractivity contribution < 1.29 is 22.3 Å². The summed E-state index contributed by atoms with van der Waals surface area (Å²) in [7, 11) is -4.68. The highest BCUT2D eigenvalue weighted by Crippen LogP contribution is 2.42. The van der Waals surface area contributed by atoms with Gasteiger partial charge in [-0.05, 0) is 49.2 Å². The maximum Gasteiger partial charge on any atom is 0.255 e. The van der Waals surface area contributed by atoms with E-state index in [1.54, 1.807) is 48.5 Å². The number of benzene rings is 2. The Bertz CT molecular complexity index is 1190. The zero-order chi connectivity index (χ0) is 23.5. The zero-order valence-corrected chi connectivity index (χ0v) is 19.2. The number of hydrogen-bond acceptors (Lipinski definition) is 4. The van der Waals surface area contributed by atoms with Gasteiger partial charge >= 0.3 is 0 Å². The molecule has 2 aromatic rings. The van der Waals surface area contributed by atoms with Gasteiger partial charge in [-0.2, -0.15) is 0 Å². The molecule has 2 aromatic carbocycles. The molecule has 9 heteroatoms. The Morgan fingerprint density at radius 2 is 1.94 bits per heavy atom. The predicted octanol–water partition coefficient (Wildman–Crippen LogP) is 4.11. The van der Waals surface area contributed by atoms with E-state index in [2.05, 4.69) is 5.32 Å². The van der Waals surface area contributed by atoms with Crippen molar-refractivity contribution in [2.75, 3.05) is 0 Å². The molecular weight excluding hydrogens is 455 g/mol. The Labute approximate surface area is 192 Å². The minimum absolute atomic E-state index is 0.0448. The lowest BCUT2D eigenvalue weighted by molar-refractivity contribution is -0.119. The van der Waals surface area contributed by atoms with Crippen molar-refractivity contribution in [3.8, 4) is 5.75 Å². The number of nitrogens with two attached hydrogens (primary N) is 1. The normalized spacial score (nSPS) is 18.7. The van der Waals surface area contributed by atoms with Gasteiger partial charge in [0.15, 0.2) is 0 Å². The zero-order valence-electron chi connectivity index (χ0n) is 17.6. The smallest absolute Gasteiger partial charge is 0.255 e. The summed E-state index contributed by atoms with van der Waals surface area (Å²) in [6.45, 7) is 3.69. The number of allylic oxidation sites excluding steroid dienone is 3. The maximum atomic E-state index is 16.0. The standard InChI is InChI=1S/C23H24ClFN2O4S/c1-15(2)31-19-8-5-7-16(12-19)20-11-10-18(14-23(20,25)32(26,29)30)27-22(28)13-17-6-3-4-9-21(17)24/h3-12,15H,13-14H2,1-2H3,(H,27,28)(H2,26,29,30). The predicted molar refractivity (Wildman–Crippen MR) is 123 cm³/mol. The summed E-state index contributed by atoms with van der Waals surface area (Å²) in [4.78, 5) is 12.4. The lowest BCUT2D eigenvalue weighted by atomic mass is 9.93. The van der Waals surface area contributed by atoms with Crippen molar-refractivity contribution in [3.05, 3.63) is 82.5 Å². The van der Waals surface area contributed by atoms with Crippen molar-refractivity contribution in [3.63, 3.8) is 0 Å². The summed E-state index contributed by atoms with van der Waals surface area (Å²) in [5.74, 6) is 0.0169. The SMILES string of the molecule is CC(C)Oc1cccc(C2=CC=C(NC(=O)Cc3ccccc3Cl)CC2(F)S(N)(=O)=O)c1. The Balaban J connectivity index is 1.91. The lowest BCUT2D eigenvalue weighted by Crippen LogP contribution is -2.44. The van der Waals surface area contributed by atoms with Crippen LogP contribution in [0, 0.1) is 0 Å². The lowest BCUT2D eigenvalue weighted by Gasteiger charge is -2.30. The van der Waals surface area contributed by atoms with Crippen LogP contribution in [-0.4, -0.2) is 25.4 Å². The van der Waals surface area contributed by atoms with Crippen LogP contribution in [0.3, 0.4) is 0 Å². The molecule has 0 saturated carbocycles. The molecule has 32 heavy (non-hydrogen) atoms. The molecule has 0 bridgehead atoms. The highest BCUT2D eigenvalue weighted by Gasteiger charge is 2.48. The van der Waals surface area contributed by atoms with Gasteiger partial charge in [-0.1, -0.05) is 48.0 Å².